The summed E-state index contributed by atoms with van der Waals surface area (Å²) in [5.41, 5.74) is 16.6. The molecule has 0 aromatic rings. The van der Waals surface area contributed by atoms with Crippen LogP contribution in [0.2, 0.25) is 6.04 Å². The van der Waals surface area contributed by atoms with Crippen molar-refractivity contribution in [3.05, 3.63) is 0 Å². The molecule has 0 aromatic carbocycles. The molecule has 1 atom stereocenters. The van der Waals surface area contributed by atoms with E-state index >= 15 is 0 Å². The highest BCUT2D eigenvalue weighted by Crippen LogP contribution is 2.19. The Labute approximate surface area is 110 Å². The van der Waals surface area contributed by atoms with Gasteiger partial charge in [-0.15, -0.1) is 0 Å². The van der Waals surface area contributed by atoms with Gasteiger partial charge in [-0.05, 0) is 19.4 Å². The SMILES string of the molecule is COCC(CCN)O[Si](CCC(N)N)(OC)OC. The summed E-state index contributed by atoms with van der Waals surface area (Å²) in [6, 6.07) is 0.572. The summed E-state index contributed by atoms with van der Waals surface area (Å²) >= 11 is 0. The van der Waals surface area contributed by atoms with Crippen molar-refractivity contribution in [1.29, 1.82) is 0 Å². The third-order valence-corrected chi connectivity index (χ3v) is 5.43. The van der Waals surface area contributed by atoms with Gasteiger partial charge in [-0.25, -0.2) is 0 Å². The number of rotatable bonds is 11. The van der Waals surface area contributed by atoms with Crippen molar-refractivity contribution >= 4 is 8.80 Å². The van der Waals surface area contributed by atoms with E-state index in [9.17, 15) is 0 Å². The first-order valence-corrected chi connectivity index (χ1v) is 7.95. The minimum absolute atomic E-state index is 0.138. The van der Waals surface area contributed by atoms with Gasteiger partial charge in [0.1, 0.15) is 0 Å². The van der Waals surface area contributed by atoms with Crippen LogP contribution in [0.3, 0.4) is 0 Å². The summed E-state index contributed by atoms with van der Waals surface area (Å²) in [5, 5.41) is 0. The molecule has 8 heteroatoms. The number of methoxy groups -OCH3 is 1. The number of hydrogen-bond donors (Lipinski definition) is 3. The van der Waals surface area contributed by atoms with Crippen LogP contribution in [0.4, 0.5) is 0 Å². The van der Waals surface area contributed by atoms with Crippen molar-refractivity contribution < 1.29 is 18.0 Å². The number of nitrogens with two attached hydrogens (primary N) is 3. The standard InChI is InChI=1S/C10H27N3O4Si/c1-14-8-9(4-6-11)17-18(15-2,16-3)7-5-10(12)13/h9-10H,4-8,11-13H2,1-3H3. The quantitative estimate of drug-likeness (QED) is 0.336. The molecule has 0 heterocycles. The zero-order chi connectivity index (χ0) is 14.0. The van der Waals surface area contributed by atoms with Crippen LogP contribution in [0.15, 0.2) is 0 Å². The Morgan fingerprint density at radius 2 is 1.67 bits per heavy atom. The molecule has 0 spiro atoms. The third-order valence-electron chi connectivity index (χ3n) is 2.59. The fourth-order valence-corrected chi connectivity index (χ4v) is 3.85. The Kier molecular flexibility index (Phi) is 9.78. The van der Waals surface area contributed by atoms with E-state index in [-0.39, 0.29) is 6.10 Å². The maximum atomic E-state index is 5.95. The summed E-state index contributed by atoms with van der Waals surface area (Å²) in [4.78, 5) is 0. The molecule has 0 aliphatic carbocycles. The van der Waals surface area contributed by atoms with Gasteiger partial charge in [0.05, 0.1) is 18.9 Å². The van der Waals surface area contributed by atoms with Crippen LogP contribution in [-0.4, -0.2) is 55.6 Å². The molecule has 18 heavy (non-hydrogen) atoms. The molecule has 0 bridgehead atoms. The monoisotopic (exact) mass is 281 g/mol. The topological polar surface area (TPSA) is 115 Å². The van der Waals surface area contributed by atoms with E-state index in [0.717, 1.165) is 0 Å². The summed E-state index contributed by atoms with van der Waals surface area (Å²) in [6.07, 6.45) is 0.724. The first kappa shape index (κ1) is 17.9. The van der Waals surface area contributed by atoms with Crippen LogP contribution in [0.25, 0.3) is 0 Å². The minimum atomic E-state index is -2.74. The van der Waals surface area contributed by atoms with E-state index in [1.165, 1.54) is 0 Å². The molecule has 0 aliphatic rings. The van der Waals surface area contributed by atoms with Crippen LogP contribution in [0.5, 0.6) is 0 Å². The highest BCUT2D eigenvalue weighted by atomic mass is 28.4. The largest absolute Gasteiger partial charge is 0.500 e. The first-order chi connectivity index (χ1) is 8.53. The van der Waals surface area contributed by atoms with Crippen LogP contribution < -0.4 is 17.2 Å². The summed E-state index contributed by atoms with van der Waals surface area (Å²) in [7, 11) is 2.02. The van der Waals surface area contributed by atoms with Gasteiger partial charge in [0.2, 0.25) is 0 Å². The van der Waals surface area contributed by atoms with Gasteiger partial charge in [-0.3, -0.25) is 0 Å². The van der Waals surface area contributed by atoms with E-state index < -0.39 is 15.0 Å². The van der Waals surface area contributed by atoms with Crippen molar-refractivity contribution in [2.45, 2.75) is 31.2 Å². The Morgan fingerprint density at radius 1 is 1.06 bits per heavy atom. The van der Waals surface area contributed by atoms with Crippen molar-refractivity contribution in [1.82, 2.24) is 0 Å². The maximum absolute atomic E-state index is 5.95. The Hall–Kier alpha value is -0.0631. The fraction of sp³-hybridized carbons (Fsp3) is 1.00. The summed E-state index contributed by atoms with van der Waals surface area (Å²) < 4.78 is 21.9. The minimum Gasteiger partial charge on any atom is -0.382 e. The molecule has 0 saturated heterocycles. The van der Waals surface area contributed by atoms with Gasteiger partial charge >= 0.3 is 8.80 Å². The van der Waals surface area contributed by atoms with Crippen LogP contribution >= 0.6 is 0 Å². The molecule has 0 saturated carbocycles. The van der Waals surface area contributed by atoms with Crippen molar-refractivity contribution in [3.63, 3.8) is 0 Å². The Bertz CT molecular complexity index is 200. The summed E-state index contributed by atoms with van der Waals surface area (Å²) in [6.45, 7) is 0.968. The molecular weight excluding hydrogens is 254 g/mol. The number of ether oxygens (including phenoxy) is 1. The zero-order valence-electron chi connectivity index (χ0n) is 11.6. The van der Waals surface area contributed by atoms with Gasteiger partial charge in [0, 0.05) is 27.4 Å². The maximum Gasteiger partial charge on any atom is 0.500 e. The molecule has 0 radical (unpaired) electrons. The molecule has 0 aromatic heterocycles. The van der Waals surface area contributed by atoms with E-state index in [1.807, 2.05) is 0 Å². The van der Waals surface area contributed by atoms with E-state index in [4.69, 9.17) is 35.2 Å². The number of hydrogen-bond acceptors (Lipinski definition) is 7. The van der Waals surface area contributed by atoms with Crippen LogP contribution in [0.1, 0.15) is 12.8 Å². The highest BCUT2D eigenvalue weighted by molar-refractivity contribution is 6.60. The molecule has 7 nitrogen and oxygen atoms in total. The van der Waals surface area contributed by atoms with Gasteiger partial charge in [-0.2, -0.15) is 0 Å². The lowest BCUT2D eigenvalue weighted by atomic mass is 10.3. The first-order valence-electron chi connectivity index (χ1n) is 6.01. The van der Waals surface area contributed by atoms with E-state index in [2.05, 4.69) is 0 Å². The van der Waals surface area contributed by atoms with Crippen molar-refractivity contribution in [2.24, 2.45) is 17.2 Å². The van der Waals surface area contributed by atoms with E-state index in [1.54, 1.807) is 21.3 Å². The zero-order valence-corrected chi connectivity index (χ0v) is 12.6. The molecule has 0 aliphatic heterocycles. The second-order valence-corrected chi connectivity index (χ2v) is 6.98. The molecular formula is C10H27N3O4Si. The second-order valence-electron chi connectivity index (χ2n) is 4.07. The molecule has 0 amide bonds. The van der Waals surface area contributed by atoms with Crippen molar-refractivity contribution in [3.8, 4) is 0 Å². The van der Waals surface area contributed by atoms with Gasteiger partial charge in [0.25, 0.3) is 0 Å². The normalized spacial score (nSPS) is 14.2. The lowest BCUT2D eigenvalue weighted by Gasteiger charge is -2.31. The molecule has 110 valence electrons. The average molecular weight is 281 g/mol. The molecule has 6 N–H and O–H groups in total. The fourth-order valence-electron chi connectivity index (χ4n) is 1.59. The van der Waals surface area contributed by atoms with Gasteiger partial charge in [0.15, 0.2) is 0 Å². The predicted molar refractivity (Wildman–Crippen MR) is 71.8 cm³/mol. The third kappa shape index (κ3) is 6.76. The highest BCUT2D eigenvalue weighted by Gasteiger charge is 2.41. The average Bonchev–Trinajstić information content (AvgIpc) is 2.35. The Morgan fingerprint density at radius 3 is 2.06 bits per heavy atom. The molecule has 1 unspecified atom stereocenters. The van der Waals surface area contributed by atoms with E-state index in [0.29, 0.717) is 32.0 Å². The second kappa shape index (κ2) is 9.81. The van der Waals surface area contributed by atoms with Crippen LogP contribution in [-0.2, 0) is 18.0 Å². The van der Waals surface area contributed by atoms with Crippen LogP contribution in [0, 0.1) is 0 Å². The lowest BCUT2D eigenvalue weighted by Crippen LogP contribution is -2.49. The summed E-state index contributed by atoms with van der Waals surface area (Å²) in [5.74, 6) is 0. The van der Waals surface area contributed by atoms with Crippen molar-refractivity contribution in [2.75, 3.05) is 34.5 Å². The smallest absolute Gasteiger partial charge is 0.382 e. The predicted octanol–water partition coefficient (Wildman–Crippen LogP) is -0.768. The molecule has 0 rings (SSSR count). The molecule has 0 fully saturated rings. The van der Waals surface area contributed by atoms with Gasteiger partial charge < -0.3 is 35.2 Å². The van der Waals surface area contributed by atoms with Gasteiger partial charge in [-0.1, -0.05) is 0 Å². The lowest BCUT2D eigenvalue weighted by molar-refractivity contribution is 0.0102. The Balaban J connectivity index is 4.53.